The second-order valence-electron chi connectivity index (χ2n) is 4.52. The van der Waals surface area contributed by atoms with Gasteiger partial charge in [-0.3, -0.25) is 10.1 Å². The number of hydrogen-bond donors (Lipinski definition) is 1. The molecule has 0 bridgehead atoms. The van der Waals surface area contributed by atoms with Gasteiger partial charge < -0.3 is 10.1 Å². The fraction of sp³-hybridized carbons (Fsp3) is 0.200. The lowest BCUT2D eigenvalue weighted by Gasteiger charge is -2.13. The zero-order valence-electron chi connectivity index (χ0n) is 11.7. The summed E-state index contributed by atoms with van der Waals surface area (Å²) in [7, 11) is 1.60. The van der Waals surface area contributed by atoms with Crippen LogP contribution in [0.25, 0.3) is 0 Å². The van der Waals surface area contributed by atoms with E-state index in [9.17, 15) is 10.1 Å². The first-order valence-electron chi connectivity index (χ1n) is 6.33. The fourth-order valence-corrected chi connectivity index (χ4v) is 2.43. The summed E-state index contributed by atoms with van der Waals surface area (Å²) in [5.41, 5.74) is 2.52. The molecule has 0 aliphatic heterocycles. The third-order valence-electron chi connectivity index (χ3n) is 3.24. The predicted molar refractivity (Wildman–Crippen MR) is 85.9 cm³/mol. The monoisotopic (exact) mass is 350 g/mol. The Morgan fingerprint density at radius 1 is 1.33 bits per heavy atom. The van der Waals surface area contributed by atoms with Crippen molar-refractivity contribution >= 4 is 27.3 Å². The summed E-state index contributed by atoms with van der Waals surface area (Å²) in [6.07, 6.45) is 0. The molecule has 2 aromatic carbocycles. The van der Waals surface area contributed by atoms with E-state index in [1.807, 2.05) is 24.3 Å². The van der Waals surface area contributed by atoms with E-state index in [0.29, 0.717) is 12.1 Å². The van der Waals surface area contributed by atoms with Crippen molar-refractivity contribution in [3.8, 4) is 5.75 Å². The summed E-state index contributed by atoms with van der Waals surface area (Å²) >= 11 is 3.41. The van der Waals surface area contributed by atoms with Crippen LogP contribution in [0.4, 0.5) is 11.4 Å². The maximum absolute atomic E-state index is 11.0. The molecule has 0 aromatic heterocycles. The number of nitrogens with one attached hydrogen (secondary N) is 1. The zero-order valence-corrected chi connectivity index (χ0v) is 13.3. The van der Waals surface area contributed by atoms with Crippen LogP contribution in [-0.2, 0) is 6.54 Å². The maximum Gasteiger partial charge on any atom is 0.272 e. The Morgan fingerprint density at radius 3 is 2.76 bits per heavy atom. The van der Waals surface area contributed by atoms with Gasteiger partial charge in [0.2, 0.25) is 0 Å². The van der Waals surface area contributed by atoms with Gasteiger partial charge in [-0.05, 0) is 30.7 Å². The Hall–Kier alpha value is -2.08. The summed E-state index contributed by atoms with van der Waals surface area (Å²) in [5.74, 6) is 0.723. The first kappa shape index (κ1) is 15.3. The number of halogens is 1. The zero-order chi connectivity index (χ0) is 15.4. The van der Waals surface area contributed by atoms with E-state index in [1.54, 1.807) is 20.1 Å². The second-order valence-corrected chi connectivity index (χ2v) is 5.43. The topological polar surface area (TPSA) is 64.4 Å². The molecule has 0 atom stereocenters. The van der Waals surface area contributed by atoms with Gasteiger partial charge in [-0.1, -0.05) is 28.1 Å². The second kappa shape index (κ2) is 6.58. The van der Waals surface area contributed by atoms with Crippen molar-refractivity contribution in [2.24, 2.45) is 0 Å². The van der Waals surface area contributed by atoms with Crippen molar-refractivity contribution in [1.29, 1.82) is 0 Å². The molecule has 0 saturated carbocycles. The number of hydrogen-bond acceptors (Lipinski definition) is 4. The van der Waals surface area contributed by atoms with E-state index in [-0.39, 0.29) is 10.6 Å². The molecule has 2 aromatic rings. The van der Waals surface area contributed by atoms with Crippen LogP contribution in [0.5, 0.6) is 5.75 Å². The van der Waals surface area contributed by atoms with Gasteiger partial charge in [0.25, 0.3) is 5.69 Å². The summed E-state index contributed by atoms with van der Waals surface area (Å²) in [6.45, 7) is 2.24. The lowest BCUT2D eigenvalue weighted by Crippen LogP contribution is -2.04. The Kier molecular flexibility index (Phi) is 4.80. The number of nitrogens with zero attached hydrogens (tertiary/aromatic N) is 1. The largest absolute Gasteiger partial charge is 0.495 e. The first-order chi connectivity index (χ1) is 10.0. The van der Waals surface area contributed by atoms with E-state index < -0.39 is 0 Å². The van der Waals surface area contributed by atoms with Crippen LogP contribution >= 0.6 is 15.9 Å². The maximum atomic E-state index is 11.0. The number of benzene rings is 2. The van der Waals surface area contributed by atoms with Crippen LogP contribution in [0, 0.1) is 17.0 Å². The van der Waals surface area contributed by atoms with Crippen LogP contribution < -0.4 is 10.1 Å². The molecule has 0 unspecified atom stereocenters. The van der Waals surface area contributed by atoms with Crippen LogP contribution in [0.1, 0.15) is 11.1 Å². The third kappa shape index (κ3) is 3.52. The molecule has 6 heteroatoms. The quantitative estimate of drug-likeness (QED) is 0.645. The van der Waals surface area contributed by atoms with E-state index in [1.165, 1.54) is 6.07 Å². The molecule has 0 amide bonds. The van der Waals surface area contributed by atoms with Crippen molar-refractivity contribution in [1.82, 2.24) is 0 Å². The highest BCUT2D eigenvalue weighted by atomic mass is 79.9. The Labute approximate surface area is 131 Å². The standard InChI is InChI=1S/C15H15BrN2O3/c1-10-11(4-3-5-14(10)18(19)20)9-17-13-8-12(16)6-7-15(13)21-2/h3-8,17H,9H2,1-2H3. The van der Waals surface area contributed by atoms with E-state index in [4.69, 9.17) is 4.74 Å². The number of nitro groups is 1. The van der Waals surface area contributed by atoms with Gasteiger partial charge in [-0.2, -0.15) is 0 Å². The van der Waals surface area contributed by atoms with Gasteiger partial charge in [0, 0.05) is 22.6 Å². The molecule has 21 heavy (non-hydrogen) atoms. The average Bonchev–Trinajstić information content (AvgIpc) is 2.46. The molecule has 2 rings (SSSR count). The van der Waals surface area contributed by atoms with E-state index in [0.717, 1.165) is 21.5 Å². The molecule has 0 heterocycles. The van der Waals surface area contributed by atoms with Gasteiger partial charge in [0.15, 0.2) is 0 Å². The van der Waals surface area contributed by atoms with Crippen molar-refractivity contribution in [2.45, 2.75) is 13.5 Å². The minimum Gasteiger partial charge on any atom is -0.495 e. The van der Waals surface area contributed by atoms with Crippen LogP contribution in [0.2, 0.25) is 0 Å². The summed E-state index contributed by atoms with van der Waals surface area (Å²) in [5, 5.41) is 14.2. The van der Waals surface area contributed by atoms with Crippen molar-refractivity contribution in [2.75, 3.05) is 12.4 Å². The number of anilines is 1. The van der Waals surface area contributed by atoms with Gasteiger partial charge in [0.05, 0.1) is 17.7 Å². The Morgan fingerprint density at radius 2 is 2.10 bits per heavy atom. The van der Waals surface area contributed by atoms with Gasteiger partial charge in [-0.25, -0.2) is 0 Å². The molecule has 0 fully saturated rings. The predicted octanol–water partition coefficient (Wildman–Crippen LogP) is 4.29. The van der Waals surface area contributed by atoms with Gasteiger partial charge >= 0.3 is 0 Å². The lowest BCUT2D eigenvalue weighted by molar-refractivity contribution is -0.385. The van der Waals surface area contributed by atoms with Crippen molar-refractivity contribution in [3.63, 3.8) is 0 Å². The molecule has 5 nitrogen and oxygen atoms in total. The smallest absolute Gasteiger partial charge is 0.272 e. The van der Waals surface area contributed by atoms with Crippen LogP contribution in [-0.4, -0.2) is 12.0 Å². The molecule has 0 aliphatic rings. The van der Waals surface area contributed by atoms with Crippen molar-refractivity contribution in [3.05, 3.63) is 62.1 Å². The normalized spacial score (nSPS) is 10.2. The average molecular weight is 351 g/mol. The molecular weight excluding hydrogens is 336 g/mol. The highest BCUT2D eigenvalue weighted by molar-refractivity contribution is 9.10. The third-order valence-corrected chi connectivity index (χ3v) is 3.74. The number of ether oxygens (including phenoxy) is 1. The molecule has 1 N–H and O–H groups in total. The summed E-state index contributed by atoms with van der Waals surface area (Å²) in [6, 6.07) is 10.7. The highest BCUT2D eigenvalue weighted by Gasteiger charge is 2.13. The van der Waals surface area contributed by atoms with Crippen LogP contribution in [0.15, 0.2) is 40.9 Å². The molecule has 110 valence electrons. The summed E-state index contributed by atoms with van der Waals surface area (Å²) < 4.78 is 6.22. The van der Waals surface area contributed by atoms with E-state index in [2.05, 4.69) is 21.2 Å². The minimum absolute atomic E-state index is 0.135. The molecular formula is C15H15BrN2O3. The molecule has 0 aliphatic carbocycles. The summed E-state index contributed by atoms with van der Waals surface area (Å²) in [4.78, 5) is 10.6. The van der Waals surface area contributed by atoms with Crippen molar-refractivity contribution < 1.29 is 9.66 Å². The number of rotatable bonds is 5. The van der Waals surface area contributed by atoms with Gasteiger partial charge in [-0.15, -0.1) is 0 Å². The molecule has 0 spiro atoms. The minimum atomic E-state index is -0.363. The number of nitro benzene ring substituents is 1. The first-order valence-corrected chi connectivity index (χ1v) is 7.12. The van der Waals surface area contributed by atoms with Crippen LogP contribution in [0.3, 0.4) is 0 Å². The fourth-order valence-electron chi connectivity index (χ4n) is 2.07. The molecule has 0 radical (unpaired) electrons. The Balaban J connectivity index is 2.23. The Bertz CT molecular complexity index is 674. The molecule has 0 saturated heterocycles. The highest BCUT2D eigenvalue weighted by Crippen LogP contribution is 2.29. The van der Waals surface area contributed by atoms with E-state index >= 15 is 0 Å². The number of methoxy groups -OCH3 is 1. The lowest BCUT2D eigenvalue weighted by atomic mass is 10.1. The SMILES string of the molecule is COc1ccc(Br)cc1NCc1cccc([N+](=O)[O-])c1C. The van der Waals surface area contributed by atoms with Gasteiger partial charge in [0.1, 0.15) is 5.75 Å².